The number of anilines is 1. The van der Waals surface area contributed by atoms with E-state index >= 15 is 0 Å². The van der Waals surface area contributed by atoms with Gasteiger partial charge < -0.3 is 15.0 Å². The molecule has 5 heteroatoms. The van der Waals surface area contributed by atoms with Crippen LogP contribution < -0.4 is 15.0 Å². The van der Waals surface area contributed by atoms with Crippen molar-refractivity contribution >= 4 is 17.5 Å². The van der Waals surface area contributed by atoms with E-state index in [1.54, 1.807) is 18.1 Å². The van der Waals surface area contributed by atoms with Gasteiger partial charge in [-0.25, -0.2) is 0 Å². The van der Waals surface area contributed by atoms with Crippen molar-refractivity contribution in [3.8, 4) is 5.75 Å². The van der Waals surface area contributed by atoms with Crippen molar-refractivity contribution in [1.82, 2.24) is 5.32 Å². The van der Waals surface area contributed by atoms with E-state index in [9.17, 15) is 9.59 Å². The van der Waals surface area contributed by atoms with Gasteiger partial charge in [-0.15, -0.1) is 0 Å². The highest BCUT2D eigenvalue weighted by molar-refractivity contribution is 5.97. The summed E-state index contributed by atoms with van der Waals surface area (Å²) in [6, 6.07) is 7.12. The van der Waals surface area contributed by atoms with Crippen molar-refractivity contribution < 1.29 is 14.3 Å². The van der Waals surface area contributed by atoms with Crippen LogP contribution in [0.4, 0.5) is 5.69 Å². The summed E-state index contributed by atoms with van der Waals surface area (Å²) in [5, 5.41) is 2.74. The van der Waals surface area contributed by atoms with Crippen molar-refractivity contribution in [1.29, 1.82) is 0 Å². The number of amides is 2. The molecule has 0 aromatic heterocycles. The summed E-state index contributed by atoms with van der Waals surface area (Å²) in [5.74, 6) is 0.428. The largest absolute Gasteiger partial charge is 0.497 e. The number of carbonyl (C=O) groups excluding carboxylic acids is 2. The molecule has 0 aliphatic carbocycles. The molecule has 19 heavy (non-hydrogen) atoms. The van der Waals surface area contributed by atoms with Crippen molar-refractivity contribution in [2.45, 2.75) is 12.5 Å². The smallest absolute Gasteiger partial charge is 0.243 e. The zero-order valence-corrected chi connectivity index (χ0v) is 10.8. The summed E-state index contributed by atoms with van der Waals surface area (Å²) in [6.45, 7) is 3.86. The fourth-order valence-electron chi connectivity index (χ4n) is 2.09. The second-order valence-corrected chi connectivity index (χ2v) is 4.32. The fourth-order valence-corrected chi connectivity index (χ4v) is 2.09. The minimum absolute atomic E-state index is 0.0115. The molecule has 0 spiro atoms. The van der Waals surface area contributed by atoms with Crippen LogP contribution in [0.1, 0.15) is 6.42 Å². The second-order valence-electron chi connectivity index (χ2n) is 4.32. The first-order valence-electron chi connectivity index (χ1n) is 6.01. The third-order valence-electron chi connectivity index (χ3n) is 3.02. The molecule has 1 heterocycles. The van der Waals surface area contributed by atoms with E-state index in [-0.39, 0.29) is 17.9 Å². The number of ether oxygens (including phenoxy) is 1. The molecule has 1 unspecified atom stereocenters. The summed E-state index contributed by atoms with van der Waals surface area (Å²) >= 11 is 0. The highest BCUT2D eigenvalue weighted by atomic mass is 16.5. The topological polar surface area (TPSA) is 58.6 Å². The fraction of sp³-hybridized carbons (Fsp3) is 0.286. The number of rotatable bonds is 4. The lowest BCUT2D eigenvalue weighted by Crippen LogP contribution is -2.36. The third-order valence-corrected chi connectivity index (χ3v) is 3.02. The van der Waals surface area contributed by atoms with Gasteiger partial charge in [0.25, 0.3) is 0 Å². The Balaban J connectivity index is 2.10. The Labute approximate surface area is 111 Å². The van der Waals surface area contributed by atoms with E-state index in [0.29, 0.717) is 18.7 Å². The SMILES string of the molecule is C=CC(=O)NC1CC(=O)N(c2cccc(OC)c2)C1. The average Bonchev–Trinajstić information content (AvgIpc) is 2.79. The van der Waals surface area contributed by atoms with Crippen LogP contribution in [0.3, 0.4) is 0 Å². The summed E-state index contributed by atoms with van der Waals surface area (Å²) in [5.41, 5.74) is 0.778. The van der Waals surface area contributed by atoms with Crippen LogP contribution in [0, 0.1) is 0 Å². The Morgan fingerprint density at radius 2 is 2.37 bits per heavy atom. The number of nitrogens with zero attached hydrogens (tertiary/aromatic N) is 1. The van der Waals surface area contributed by atoms with Crippen LogP contribution in [-0.2, 0) is 9.59 Å². The van der Waals surface area contributed by atoms with Gasteiger partial charge in [0, 0.05) is 24.7 Å². The van der Waals surface area contributed by atoms with Gasteiger partial charge in [0.05, 0.1) is 13.2 Å². The predicted molar refractivity (Wildman–Crippen MR) is 72.1 cm³/mol. The minimum atomic E-state index is -0.259. The van der Waals surface area contributed by atoms with Crippen molar-refractivity contribution in [3.63, 3.8) is 0 Å². The molecule has 2 amide bonds. The summed E-state index contributed by atoms with van der Waals surface area (Å²) < 4.78 is 5.14. The van der Waals surface area contributed by atoms with Crippen molar-refractivity contribution in [2.24, 2.45) is 0 Å². The molecule has 1 N–H and O–H groups in total. The van der Waals surface area contributed by atoms with E-state index in [2.05, 4.69) is 11.9 Å². The Kier molecular flexibility index (Phi) is 3.85. The maximum atomic E-state index is 12.0. The second kappa shape index (κ2) is 5.56. The minimum Gasteiger partial charge on any atom is -0.497 e. The highest BCUT2D eigenvalue weighted by Gasteiger charge is 2.31. The van der Waals surface area contributed by atoms with Crippen molar-refractivity contribution in [3.05, 3.63) is 36.9 Å². The van der Waals surface area contributed by atoms with E-state index in [1.165, 1.54) is 6.08 Å². The molecule has 1 atom stereocenters. The van der Waals surface area contributed by atoms with E-state index in [0.717, 1.165) is 5.69 Å². The Hall–Kier alpha value is -2.30. The maximum Gasteiger partial charge on any atom is 0.243 e. The van der Waals surface area contributed by atoms with Crippen LogP contribution >= 0.6 is 0 Å². The molecule has 1 aromatic rings. The molecule has 0 radical (unpaired) electrons. The molecular weight excluding hydrogens is 244 g/mol. The molecule has 1 aliphatic heterocycles. The van der Waals surface area contributed by atoms with Crippen LogP contribution in [0.15, 0.2) is 36.9 Å². The predicted octanol–water partition coefficient (Wildman–Crippen LogP) is 1.10. The van der Waals surface area contributed by atoms with Gasteiger partial charge in [-0.05, 0) is 18.2 Å². The van der Waals surface area contributed by atoms with E-state index in [4.69, 9.17) is 4.74 Å². The lowest BCUT2D eigenvalue weighted by atomic mass is 10.2. The third kappa shape index (κ3) is 2.93. The number of hydrogen-bond acceptors (Lipinski definition) is 3. The van der Waals surface area contributed by atoms with Gasteiger partial charge >= 0.3 is 0 Å². The monoisotopic (exact) mass is 260 g/mol. The standard InChI is InChI=1S/C14H16N2O3/c1-3-13(17)15-10-7-14(18)16(9-10)11-5-4-6-12(8-11)19-2/h3-6,8,10H,1,7,9H2,2H3,(H,15,17). The molecule has 0 saturated carbocycles. The first kappa shape index (κ1) is 13.1. The molecule has 1 aliphatic rings. The molecule has 0 bridgehead atoms. The molecule has 1 saturated heterocycles. The normalized spacial score (nSPS) is 18.3. The molecular formula is C14H16N2O3. The van der Waals surface area contributed by atoms with Crippen LogP contribution in [0.5, 0.6) is 5.75 Å². The average molecular weight is 260 g/mol. The lowest BCUT2D eigenvalue weighted by Gasteiger charge is -2.17. The molecule has 2 rings (SSSR count). The first-order chi connectivity index (χ1) is 9.13. The zero-order chi connectivity index (χ0) is 13.8. The van der Waals surface area contributed by atoms with Gasteiger partial charge in [-0.3, -0.25) is 9.59 Å². The Morgan fingerprint density at radius 3 is 3.05 bits per heavy atom. The first-order valence-corrected chi connectivity index (χ1v) is 6.01. The van der Waals surface area contributed by atoms with Crippen LogP contribution in [-0.4, -0.2) is 31.5 Å². The molecule has 1 aromatic carbocycles. The van der Waals surface area contributed by atoms with E-state index in [1.807, 2.05) is 18.2 Å². The van der Waals surface area contributed by atoms with Gasteiger partial charge in [0.2, 0.25) is 11.8 Å². The Bertz CT molecular complexity index is 513. The summed E-state index contributed by atoms with van der Waals surface area (Å²) in [4.78, 5) is 24.9. The number of hydrogen-bond donors (Lipinski definition) is 1. The maximum absolute atomic E-state index is 12.0. The molecule has 5 nitrogen and oxygen atoms in total. The van der Waals surface area contributed by atoms with Gasteiger partial charge in [-0.2, -0.15) is 0 Å². The summed E-state index contributed by atoms with van der Waals surface area (Å²) in [7, 11) is 1.58. The van der Waals surface area contributed by atoms with Gasteiger partial charge in [0.1, 0.15) is 5.75 Å². The Morgan fingerprint density at radius 1 is 1.58 bits per heavy atom. The lowest BCUT2D eigenvalue weighted by molar-refractivity contribution is -0.117. The number of nitrogens with one attached hydrogen (secondary N) is 1. The molecule has 1 fully saturated rings. The summed E-state index contributed by atoms with van der Waals surface area (Å²) in [6.07, 6.45) is 1.51. The van der Waals surface area contributed by atoms with Crippen molar-refractivity contribution in [2.75, 3.05) is 18.6 Å². The van der Waals surface area contributed by atoms with E-state index < -0.39 is 0 Å². The number of methoxy groups -OCH3 is 1. The quantitative estimate of drug-likeness (QED) is 0.825. The van der Waals surface area contributed by atoms with Crippen LogP contribution in [0.2, 0.25) is 0 Å². The van der Waals surface area contributed by atoms with Gasteiger partial charge in [0.15, 0.2) is 0 Å². The highest BCUT2D eigenvalue weighted by Crippen LogP contribution is 2.25. The zero-order valence-electron chi connectivity index (χ0n) is 10.8. The van der Waals surface area contributed by atoms with Crippen LogP contribution in [0.25, 0.3) is 0 Å². The molecule has 100 valence electrons. The van der Waals surface area contributed by atoms with Gasteiger partial charge in [-0.1, -0.05) is 12.6 Å². The number of benzene rings is 1. The number of carbonyl (C=O) groups is 2.